The fourth-order valence-corrected chi connectivity index (χ4v) is 3.73. The van der Waals surface area contributed by atoms with Crippen molar-refractivity contribution in [2.24, 2.45) is 5.92 Å². The summed E-state index contributed by atoms with van der Waals surface area (Å²) in [6.07, 6.45) is 2.50. The van der Waals surface area contributed by atoms with Crippen LogP contribution in [-0.2, 0) is 4.79 Å². The molecule has 1 atom stereocenters. The van der Waals surface area contributed by atoms with Gasteiger partial charge in [-0.3, -0.25) is 9.69 Å². The number of nitrogens with zero attached hydrogens (tertiary/aromatic N) is 2. The first-order chi connectivity index (χ1) is 11.6. The van der Waals surface area contributed by atoms with Gasteiger partial charge in [-0.2, -0.15) is 0 Å². The summed E-state index contributed by atoms with van der Waals surface area (Å²) in [4.78, 5) is 16.7. The molecule has 0 radical (unpaired) electrons. The molecular formula is C19H29N3O2. The van der Waals surface area contributed by atoms with Crippen LogP contribution in [0.4, 0.5) is 5.69 Å². The van der Waals surface area contributed by atoms with E-state index in [0.717, 1.165) is 52.0 Å². The maximum atomic E-state index is 12.1. The van der Waals surface area contributed by atoms with Gasteiger partial charge in [0.05, 0.1) is 12.6 Å². The molecule has 5 heteroatoms. The van der Waals surface area contributed by atoms with E-state index in [-0.39, 0.29) is 12.0 Å². The lowest BCUT2D eigenvalue weighted by Crippen LogP contribution is -2.43. The minimum Gasteiger partial charge on any atom is -0.393 e. The minimum atomic E-state index is -0.185. The van der Waals surface area contributed by atoms with Gasteiger partial charge in [-0.1, -0.05) is 18.2 Å². The molecule has 5 nitrogen and oxygen atoms in total. The minimum absolute atomic E-state index is 0.112. The van der Waals surface area contributed by atoms with Gasteiger partial charge >= 0.3 is 0 Å². The van der Waals surface area contributed by atoms with Crippen molar-refractivity contribution in [1.29, 1.82) is 0 Å². The topological polar surface area (TPSA) is 55.8 Å². The number of carbonyl (C=O) groups excluding carboxylic acids is 1. The molecule has 2 aliphatic heterocycles. The van der Waals surface area contributed by atoms with Crippen LogP contribution in [0.1, 0.15) is 24.8 Å². The monoisotopic (exact) mass is 331 g/mol. The van der Waals surface area contributed by atoms with Gasteiger partial charge in [0, 0.05) is 38.4 Å². The number of likely N-dealkylation sites (tertiary alicyclic amines) is 1. The van der Waals surface area contributed by atoms with E-state index in [1.807, 2.05) is 0 Å². The van der Waals surface area contributed by atoms with Crippen molar-refractivity contribution in [3.8, 4) is 0 Å². The van der Waals surface area contributed by atoms with Crippen molar-refractivity contribution in [1.82, 2.24) is 10.2 Å². The van der Waals surface area contributed by atoms with Gasteiger partial charge in [0.15, 0.2) is 0 Å². The highest BCUT2D eigenvalue weighted by molar-refractivity contribution is 5.78. The molecule has 0 aliphatic carbocycles. The van der Waals surface area contributed by atoms with Gasteiger partial charge < -0.3 is 15.3 Å². The molecule has 24 heavy (non-hydrogen) atoms. The second-order valence-electron chi connectivity index (χ2n) is 7.20. The number of rotatable bonds is 5. The van der Waals surface area contributed by atoms with E-state index >= 15 is 0 Å². The third-order valence-electron chi connectivity index (χ3n) is 5.25. The molecule has 2 N–H and O–H groups in total. The summed E-state index contributed by atoms with van der Waals surface area (Å²) < 4.78 is 0. The van der Waals surface area contributed by atoms with Gasteiger partial charge in [0.1, 0.15) is 0 Å². The first-order valence-corrected chi connectivity index (χ1v) is 9.09. The van der Waals surface area contributed by atoms with Crippen LogP contribution >= 0.6 is 0 Å². The SMILES string of the molecule is Cc1ccccc1N1CC[C@@H](CNC(=O)CN2CCC(O)CC2)C1. The summed E-state index contributed by atoms with van der Waals surface area (Å²) in [5, 5.41) is 12.6. The number of aryl methyl sites for hydroxylation is 1. The Morgan fingerprint density at radius 3 is 2.71 bits per heavy atom. The highest BCUT2D eigenvalue weighted by Crippen LogP contribution is 2.26. The molecule has 2 fully saturated rings. The first kappa shape index (κ1) is 17.2. The Hall–Kier alpha value is -1.59. The van der Waals surface area contributed by atoms with E-state index in [9.17, 15) is 9.90 Å². The van der Waals surface area contributed by atoms with Crippen LogP contribution in [0.5, 0.6) is 0 Å². The van der Waals surface area contributed by atoms with E-state index in [0.29, 0.717) is 12.5 Å². The highest BCUT2D eigenvalue weighted by Gasteiger charge is 2.24. The molecule has 1 aromatic rings. The summed E-state index contributed by atoms with van der Waals surface area (Å²) in [6, 6.07) is 8.50. The second kappa shape index (κ2) is 7.99. The molecule has 2 aliphatic rings. The van der Waals surface area contributed by atoms with Gasteiger partial charge in [-0.15, -0.1) is 0 Å². The maximum Gasteiger partial charge on any atom is 0.234 e. The van der Waals surface area contributed by atoms with Crippen molar-refractivity contribution in [3.05, 3.63) is 29.8 Å². The number of nitrogens with one attached hydrogen (secondary N) is 1. The van der Waals surface area contributed by atoms with Crippen LogP contribution in [0.3, 0.4) is 0 Å². The van der Waals surface area contributed by atoms with Crippen molar-refractivity contribution in [2.45, 2.75) is 32.3 Å². The predicted molar refractivity (Wildman–Crippen MR) is 96.2 cm³/mol. The summed E-state index contributed by atoms with van der Waals surface area (Å²) in [5.74, 6) is 0.637. The third kappa shape index (κ3) is 4.48. The number of anilines is 1. The maximum absolute atomic E-state index is 12.1. The predicted octanol–water partition coefficient (Wildman–Crippen LogP) is 1.39. The summed E-state index contributed by atoms with van der Waals surface area (Å²) in [6.45, 7) is 7.09. The van der Waals surface area contributed by atoms with Crippen LogP contribution in [0, 0.1) is 12.8 Å². The van der Waals surface area contributed by atoms with Crippen LogP contribution in [0.15, 0.2) is 24.3 Å². The molecule has 2 saturated heterocycles. The summed E-state index contributed by atoms with van der Waals surface area (Å²) in [5.41, 5.74) is 2.63. The molecule has 1 amide bonds. The molecule has 0 bridgehead atoms. The zero-order chi connectivity index (χ0) is 16.9. The number of aliphatic hydroxyl groups is 1. The van der Waals surface area contributed by atoms with Gasteiger partial charge in [-0.25, -0.2) is 0 Å². The Kier molecular flexibility index (Phi) is 5.74. The summed E-state index contributed by atoms with van der Waals surface area (Å²) in [7, 11) is 0. The average Bonchev–Trinajstić information content (AvgIpc) is 3.04. The number of amides is 1. The quantitative estimate of drug-likeness (QED) is 0.856. The Morgan fingerprint density at radius 1 is 1.21 bits per heavy atom. The lowest BCUT2D eigenvalue weighted by molar-refractivity contribution is -0.122. The number of carbonyl (C=O) groups is 1. The molecule has 0 unspecified atom stereocenters. The Morgan fingerprint density at radius 2 is 1.96 bits per heavy atom. The van der Waals surface area contributed by atoms with Crippen LogP contribution in [-0.4, -0.2) is 61.3 Å². The highest BCUT2D eigenvalue weighted by atomic mass is 16.3. The third-order valence-corrected chi connectivity index (χ3v) is 5.25. The fraction of sp³-hybridized carbons (Fsp3) is 0.632. The van der Waals surface area contributed by atoms with Crippen molar-refractivity contribution >= 4 is 11.6 Å². The molecule has 1 aromatic carbocycles. The zero-order valence-corrected chi connectivity index (χ0v) is 14.6. The Balaban J connectivity index is 1.40. The molecule has 0 aromatic heterocycles. The summed E-state index contributed by atoms with van der Waals surface area (Å²) >= 11 is 0. The number of hydrogen-bond acceptors (Lipinski definition) is 4. The lowest BCUT2D eigenvalue weighted by atomic mass is 10.1. The molecule has 0 saturated carbocycles. The van der Waals surface area contributed by atoms with E-state index in [1.54, 1.807) is 0 Å². The largest absolute Gasteiger partial charge is 0.393 e. The van der Waals surface area contributed by atoms with Gasteiger partial charge in [0.25, 0.3) is 0 Å². The number of para-hydroxylation sites is 1. The molecule has 3 rings (SSSR count). The first-order valence-electron chi connectivity index (χ1n) is 9.09. The average molecular weight is 331 g/mol. The zero-order valence-electron chi connectivity index (χ0n) is 14.6. The molecule has 0 spiro atoms. The Labute approximate surface area is 144 Å². The number of benzene rings is 1. The molecule has 132 valence electrons. The number of hydrogen-bond donors (Lipinski definition) is 2. The fourth-order valence-electron chi connectivity index (χ4n) is 3.73. The van der Waals surface area contributed by atoms with Crippen LogP contribution in [0.25, 0.3) is 0 Å². The van der Waals surface area contributed by atoms with E-state index < -0.39 is 0 Å². The lowest BCUT2D eigenvalue weighted by Gasteiger charge is -2.28. The second-order valence-corrected chi connectivity index (χ2v) is 7.20. The van der Waals surface area contributed by atoms with Crippen molar-refractivity contribution < 1.29 is 9.90 Å². The van der Waals surface area contributed by atoms with Crippen molar-refractivity contribution in [3.63, 3.8) is 0 Å². The standard InChI is InChI=1S/C19H29N3O2/c1-15-4-2-3-5-18(15)22-11-6-16(13-22)12-20-19(24)14-21-9-7-17(23)8-10-21/h2-5,16-17,23H,6-14H2,1H3,(H,20,24)/t16-/m0/s1. The number of piperidine rings is 1. The van der Waals surface area contributed by atoms with E-state index in [4.69, 9.17) is 0 Å². The van der Waals surface area contributed by atoms with Crippen molar-refractivity contribution in [2.75, 3.05) is 44.2 Å². The van der Waals surface area contributed by atoms with E-state index in [1.165, 1.54) is 11.3 Å². The van der Waals surface area contributed by atoms with Gasteiger partial charge in [-0.05, 0) is 43.7 Å². The normalized spacial score (nSPS) is 22.8. The van der Waals surface area contributed by atoms with Crippen LogP contribution < -0.4 is 10.2 Å². The molecular weight excluding hydrogens is 302 g/mol. The van der Waals surface area contributed by atoms with Gasteiger partial charge in [0.2, 0.25) is 5.91 Å². The Bertz CT molecular complexity index is 555. The smallest absolute Gasteiger partial charge is 0.234 e. The molecule has 2 heterocycles. The van der Waals surface area contributed by atoms with E-state index in [2.05, 4.69) is 46.3 Å². The van der Waals surface area contributed by atoms with Crippen LogP contribution in [0.2, 0.25) is 0 Å². The number of aliphatic hydroxyl groups excluding tert-OH is 1.